The lowest BCUT2D eigenvalue weighted by atomic mass is 9.97. The van der Waals surface area contributed by atoms with E-state index in [1.54, 1.807) is 0 Å². The first-order valence-electron chi connectivity index (χ1n) is 30.4. The lowest BCUT2D eigenvalue weighted by molar-refractivity contribution is -0.359. The lowest BCUT2D eigenvalue weighted by Crippen LogP contribution is -2.65. The summed E-state index contributed by atoms with van der Waals surface area (Å²) < 4.78 is 22.8. The Hall–Kier alpha value is -2.05. The van der Waals surface area contributed by atoms with Crippen LogP contribution in [-0.4, -0.2) is 140 Å². The number of allylic oxidation sites excluding steroid dienone is 8. The van der Waals surface area contributed by atoms with Gasteiger partial charge in [-0.05, 0) is 51.4 Å². The first-order chi connectivity index (χ1) is 36.6. The molecule has 2 heterocycles. The van der Waals surface area contributed by atoms with Crippen molar-refractivity contribution in [1.82, 2.24) is 5.32 Å². The topological polar surface area (TPSA) is 228 Å². The van der Waals surface area contributed by atoms with Crippen molar-refractivity contribution in [3.63, 3.8) is 0 Å². The molecule has 2 aliphatic heterocycles. The number of unbranched alkanes of at least 4 members (excludes halogenated alkanes) is 27. The molecule has 9 N–H and O–H groups in total. The molecule has 75 heavy (non-hydrogen) atoms. The van der Waals surface area contributed by atoms with Gasteiger partial charge in [0.25, 0.3) is 0 Å². The van der Waals surface area contributed by atoms with Gasteiger partial charge in [0, 0.05) is 6.42 Å². The summed E-state index contributed by atoms with van der Waals surface area (Å²) in [6, 6.07) is -0.828. The van der Waals surface area contributed by atoms with E-state index in [-0.39, 0.29) is 12.5 Å². The SMILES string of the molecule is CC/C=C\C/C=C\C/C=C\C/C=C\CCCCCCCCCCCCCCCCCCC(=O)NC(COC1OC(CO)C(OC2OC(CO)C(O)C(O)C2O)C(O)C1O)C(O)CCCCCCCCCCCCCC. The summed E-state index contributed by atoms with van der Waals surface area (Å²) in [6.07, 6.45) is 41.2. The first-order valence-corrected chi connectivity index (χ1v) is 30.4. The second-order valence-electron chi connectivity index (χ2n) is 21.5. The molecular weight excluding hydrogens is 955 g/mol. The van der Waals surface area contributed by atoms with Crippen LogP contribution in [0.5, 0.6) is 0 Å². The van der Waals surface area contributed by atoms with Crippen LogP contribution in [0.25, 0.3) is 0 Å². The Balaban J connectivity index is 1.66. The molecule has 2 rings (SSSR count). The Kier molecular flexibility index (Phi) is 43.1. The van der Waals surface area contributed by atoms with E-state index in [0.29, 0.717) is 12.8 Å². The van der Waals surface area contributed by atoms with Gasteiger partial charge in [-0.1, -0.05) is 229 Å². The smallest absolute Gasteiger partial charge is 0.220 e. The fourth-order valence-corrected chi connectivity index (χ4v) is 9.94. The van der Waals surface area contributed by atoms with Crippen LogP contribution < -0.4 is 5.32 Å². The minimum absolute atomic E-state index is 0.207. The number of ether oxygens (including phenoxy) is 4. The van der Waals surface area contributed by atoms with Gasteiger partial charge < -0.3 is 65.1 Å². The van der Waals surface area contributed by atoms with Crippen LogP contribution in [0.4, 0.5) is 0 Å². The summed E-state index contributed by atoms with van der Waals surface area (Å²) in [5.74, 6) is -0.207. The van der Waals surface area contributed by atoms with Crippen molar-refractivity contribution in [2.45, 2.75) is 312 Å². The number of carbonyl (C=O) groups excluding carboxylic acids is 1. The molecule has 0 bridgehead atoms. The molecule has 14 heteroatoms. The molecule has 2 saturated heterocycles. The number of aliphatic hydroxyl groups is 8. The van der Waals surface area contributed by atoms with Crippen LogP contribution in [0.3, 0.4) is 0 Å². The number of nitrogens with one attached hydrogen (secondary N) is 1. The molecule has 0 aliphatic carbocycles. The van der Waals surface area contributed by atoms with E-state index in [9.17, 15) is 45.6 Å². The van der Waals surface area contributed by atoms with Crippen LogP contribution in [-0.2, 0) is 23.7 Å². The minimum Gasteiger partial charge on any atom is -0.394 e. The normalized spacial score (nSPS) is 25.4. The van der Waals surface area contributed by atoms with Crippen molar-refractivity contribution in [2.24, 2.45) is 0 Å². The highest BCUT2D eigenvalue weighted by atomic mass is 16.7. The Morgan fingerprint density at radius 3 is 1.41 bits per heavy atom. The maximum Gasteiger partial charge on any atom is 0.220 e. The van der Waals surface area contributed by atoms with E-state index in [0.717, 1.165) is 77.0 Å². The minimum atomic E-state index is -1.78. The van der Waals surface area contributed by atoms with E-state index < -0.39 is 86.8 Å². The predicted molar refractivity (Wildman–Crippen MR) is 300 cm³/mol. The summed E-state index contributed by atoms with van der Waals surface area (Å²) in [5, 5.41) is 87.2. The number of aliphatic hydroxyl groups excluding tert-OH is 8. The van der Waals surface area contributed by atoms with Gasteiger partial charge in [0.1, 0.15) is 48.8 Å². The van der Waals surface area contributed by atoms with Gasteiger partial charge in [0.15, 0.2) is 12.6 Å². The Bertz CT molecular complexity index is 1440. The number of carbonyl (C=O) groups is 1. The fourth-order valence-electron chi connectivity index (χ4n) is 9.94. The van der Waals surface area contributed by atoms with Crippen molar-refractivity contribution in [3.05, 3.63) is 48.6 Å². The largest absolute Gasteiger partial charge is 0.394 e. The maximum absolute atomic E-state index is 13.3. The summed E-state index contributed by atoms with van der Waals surface area (Å²) >= 11 is 0. The molecule has 0 aromatic carbocycles. The third-order valence-electron chi connectivity index (χ3n) is 14.8. The summed E-state index contributed by atoms with van der Waals surface area (Å²) in [5.41, 5.74) is 0. The highest BCUT2D eigenvalue weighted by molar-refractivity contribution is 5.76. The van der Waals surface area contributed by atoms with Crippen molar-refractivity contribution in [1.29, 1.82) is 0 Å². The van der Waals surface area contributed by atoms with Gasteiger partial charge in [-0.2, -0.15) is 0 Å². The van der Waals surface area contributed by atoms with E-state index in [2.05, 4.69) is 67.8 Å². The molecule has 0 aromatic heterocycles. The molecule has 14 nitrogen and oxygen atoms in total. The molecule has 2 aliphatic rings. The number of rotatable bonds is 48. The number of hydrogen-bond donors (Lipinski definition) is 9. The Morgan fingerprint density at radius 1 is 0.493 bits per heavy atom. The monoisotopic (exact) mass is 1070 g/mol. The van der Waals surface area contributed by atoms with E-state index in [1.165, 1.54) is 135 Å². The fraction of sp³-hybridized carbons (Fsp3) is 0.852. The van der Waals surface area contributed by atoms with Crippen molar-refractivity contribution < 1.29 is 64.6 Å². The van der Waals surface area contributed by atoms with Gasteiger partial charge in [0.2, 0.25) is 5.91 Å². The zero-order valence-corrected chi connectivity index (χ0v) is 47.0. The van der Waals surface area contributed by atoms with Crippen LogP contribution >= 0.6 is 0 Å². The van der Waals surface area contributed by atoms with E-state index >= 15 is 0 Å². The number of hydrogen-bond acceptors (Lipinski definition) is 13. The molecule has 0 aromatic rings. The zero-order chi connectivity index (χ0) is 54.6. The lowest BCUT2D eigenvalue weighted by Gasteiger charge is -2.46. The van der Waals surface area contributed by atoms with E-state index in [1.807, 2.05) is 0 Å². The molecule has 0 radical (unpaired) electrons. The Morgan fingerprint density at radius 2 is 0.920 bits per heavy atom. The molecule has 1 amide bonds. The van der Waals surface area contributed by atoms with Crippen molar-refractivity contribution in [3.8, 4) is 0 Å². The molecule has 0 spiro atoms. The molecule has 438 valence electrons. The molecule has 2 fully saturated rings. The van der Waals surface area contributed by atoms with Crippen LogP contribution in [0.1, 0.15) is 239 Å². The van der Waals surface area contributed by atoms with Crippen LogP contribution in [0.15, 0.2) is 48.6 Å². The quantitative estimate of drug-likeness (QED) is 0.0204. The third-order valence-corrected chi connectivity index (χ3v) is 14.8. The van der Waals surface area contributed by atoms with Crippen molar-refractivity contribution in [2.75, 3.05) is 19.8 Å². The Labute approximate surface area is 454 Å². The average Bonchev–Trinajstić information content (AvgIpc) is 3.41. The third kappa shape index (κ3) is 32.6. The summed E-state index contributed by atoms with van der Waals surface area (Å²) in [4.78, 5) is 13.3. The average molecular weight is 1070 g/mol. The maximum atomic E-state index is 13.3. The van der Waals surface area contributed by atoms with Gasteiger partial charge >= 0.3 is 0 Å². The van der Waals surface area contributed by atoms with Gasteiger partial charge in [-0.25, -0.2) is 0 Å². The second kappa shape index (κ2) is 46.8. The zero-order valence-electron chi connectivity index (χ0n) is 47.0. The highest BCUT2D eigenvalue weighted by Gasteiger charge is 2.51. The molecule has 12 atom stereocenters. The van der Waals surface area contributed by atoms with E-state index in [4.69, 9.17) is 18.9 Å². The van der Waals surface area contributed by atoms with Crippen molar-refractivity contribution >= 4 is 5.91 Å². The second-order valence-corrected chi connectivity index (χ2v) is 21.5. The predicted octanol–water partition coefficient (Wildman–Crippen LogP) is 10.4. The standard InChI is InChI=1S/C61H111NO13/c1-3-5-7-9-11-13-15-17-18-19-20-21-22-23-24-25-26-27-28-29-30-31-32-33-35-37-39-41-43-45-53(66)62-49(50(65)44-42-40-38-36-34-16-14-12-10-8-6-4-2)48-72-60-58(71)56(69)59(52(47-64)74-60)75-61-57(70)55(68)54(67)51(46-63)73-61/h5,7,11,13,17-18,20-21,49-52,54-61,63-65,67-71H,3-4,6,8-10,12,14-16,19,22-48H2,1-2H3,(H,62,66)/b7-5-,13-11-,18-17-,21-20-. The number of amides is 1. The molecule has 12 unspecified atom stereocenters. The van der Waals surface area contributed by atoms with Crippen LogP contribution in [0, 0.1) is 0 Å². The highest BCUT2D eigenvalue weighted by Crippen LogP contribution is 2.30. The molecular formula is C61H111NO13. The van der Waals surface area contributed by atoms with Gasteiger partial charge in [-0.15, -0.1) is 0 Å². The first kappa shape index (κ1) is 69.1. The van der Waals surface area contributed by atoms with Crippen LogP contribution in [0.2, 0.25) is 0 Å². The van der Waals surface area contributed by atoms with Gasteiger partial charge in [0.05, 0.1) is 32.0 Å². The molecule has 0 saturated carbocycles. The van der Waals surface area contributed by atoms with Gasteiger partial charge in [-0.3, -0.25) is 4.79 Å². The summed E-state index contributed by atoms with van der Waals surface area (Å²) in [7, 11) is 0. The summed E-state index contributed by atoms with van der Waals surface area (Å²) in [6.45, 7) is 2.75.